The summed E-state index contributed by atoms with van der Waals surface area (Å²) in [5, 5.41) is 5.40. The molecule has 1 N–H and O–H groups in total. The first-order valence-electron chi connectivity index (χ1n) is 7.03. The number of hydrogen-bond donors (Lipinski definition) is 1. The molecule has 2 aromatic rings. The molecule has 0 saturated heterocycles. The van der Waals surface area contributed by atoms with Crippen molar-refractivity contribution in [3.05, 3.63) is 41.5 Å². The number of methoxy groups -OCH3 is 1. The number of rotatable bonds is 2. The third-order valence-corrected chi connectivity index (χ3v) is 4.02. The third-order valence-electron chi connectivity index (χ3n) is 4.02. The highest BCUT2D eigenvalue weighted by Gasteiger charge is 2.23. The van der Waals surface area contributed by atoms with Gasteiger partial charge in [-0.25, -0.2) is 0 Å². The smallest absolute Gasteiger partial charge is 0.217 e. The van der Waals surface area contributed by atoms with E-state index in [1.54, 1.807) is 14.0 Å². The van der Waals surface area contributed by atoms with Crippen LogP contribution in [0.25, 0.3) is 10.8 Å². The van der Waals surface area contributed by atoms with Crippen LogP contribution in [0.2, 0.25) is 0 Å². The molecule has 3 rings (SSSR count). The molecule has 1 aliphatic carbocycles. The van der Waals surface area contributed by atoms with Crippen molar-refractivity contribution in [2.75, 3.05) is 7.11 Å². The van der Waals surface area contributed by atoms with Gasteiger partial charge in [0.05, 0.1) is 7.11 Å². The second-order valence-electron chi connectivity index (χ2n) is 5.41. The minimum Gasteiger partial charge on any atom is -0.496 e. The molecule has 0 radical (unpaired) electrons. The van der Waals surface area contributed by atoms with Crippen LogP contribution in [0.5, 0.6) is 5.75 Å². The molecule has 3 nitrogen and oxygen atoms in total. The van der Waals surface area contributed by atoms with Gasteiger partial charge in [0.1, 0.15) is 5.75 Å². The highest BCUT2D eigenvalue weighted by atomic mass is 16.5. The molecule has 0 fully saturated rings. The number of ether oxygens (including phenoxy) is 1. The SMILES string of the molecule is COc1c2c(cc3ccccc13)CC[C@H](NC(C)=O)C2. The molecular weight excluding hydrogens is 250 g/mol. The Morgan fingerprint density at radius 1 is 1.35 bits per heavy atom. The van der Waals surface area contributed by atoms with E-state index in [1.165, 1.54) is 16.5 Å². The third kappa shape index (κ3) is 2.24. The van der Waals surface area contributed by atoms with E-state index in [1.807, 2.05) is 6.07 Å². The van der Waals surface area contributed by atoms with E-state index in [2.05, 4.69) is 29.6 Å². The zero-order chi connectivity index (χ0) is 14.1. The highest BCUT2D eigenvalue weighted by molar-refractivity contribution is 5.90. The van der Waals surface area contributed by atoms with Gasteiger partial charge in [0.25, 0.3) is 0 Å². The second kappa shape index (κ2) is 5.16. The number of carbonyl (C=O) groups is 1. The van der Waals surface area contributed by atoms with Gasteiger partial charge < -0.3 is 10.1 Å². The normalized spacial score (nSPS) is 17.6. The van der Waals surface area contributed by atoms with E-state index >= 15 is 0 Å². The Morgan fingerprint density at radius 2 is 2.15 bits per heavy atom. The maximum absolute atomic E-state index is 11.2. The fourth-order valence-corrected chi connectivity index (χ4v) is 3.18. The number of nitrogens with one attached hydrogen (secondary N) is 1. The van der Waals surface area contributed by atoms with Crippen LogP contribution in [-0.4, -0.2) is 19.1 Å². The molecule has 3 heteroatoms. The molecule has 0 bridgehead atoms. The second-order valence-corrected chi connectivity index (χ2v) is 5.41. The van der Waals surface area contributed by atoms with Gasteiger partial charge in [-0.2, -0.15) is 0 Å². The predicted octanol–water partition coefficient (Wildman–Crippen LogP) is 2.84. The number of carbonyl (C=O) groups excluding carboxylic acids is 1. The van der Waals surface area contributed by atoms with Gasteiger partial charge in [-0.15, -0.1) is 0 Å². The summed E-state index contributed by atoms with van der Waals surface area (Å²) in [5.41, 5.74) is 2.60. The van der Waals surface area contributed by atoms with Gasteiger partial charge in [0, 0.05) is 23.9 Å². The van der Waals surface area contributed by atoms with E-state index in [9.17, 15) is 4.79 Å². The van der Waals surface area contributed by atoms with Gasteiger partial charge in [-0.1, -0.05) is 30.3 Å². The van der Waals surface area contributed by atoms with Gasteiger partial charge >= 0.3 is 0 Å². The molecule has 0 heterocycles. The van der Waals surface area contributed by atoms with E-state index in [0.29, 0.717) is 0 Å². The summed E-state index contributed by atoms with van der Waals surface area (Å²) in [4.78, 5) is 11.2. The summed E-state index contributed by atoms with van der Waals surface area (Å²) >= 11 is 0. The van der Waals surface area contributed by atoms with Crippen molar-refractivity contribution in [2.45, 2.75) is 32.2 Å². The van der Waals surface area contributed by atoms with Gasteiger partial charge in [0.15, 0.2) is 0 Å². The van der Waals surface area contributed by atoms with Crippen molar-refractivity contribution in [1.82, 2.24) is 5.32 Å². The van der Waals surface area contributed by atoms with Gasteiger partial charge in [0.2, 0.25) is 5.91 Å². The van der Waals surface area contributed by atoms with Crippen LogP contribution in [0.15, 0.2) is 30.3 Å². The standard InChI is InChI=1S/C17H19NO2/c1-11(19)18-14-8-7-13-9-12-5-3-4-6-15(12)17(20-2)16(13)10-14/h3-6,9,14H,7-8,10H2,1-2H3,(H,18,19)/t14-/m0/s1. The lowest BCUT2D eigenvalue weighted by molar-refractivity contribution is -0.119. The van der Waals surface area contributed by atoms with Crippen molar-refractivity contribution in [3.8, 4) is 5.75 Å². The van der Waals surface area contributed by atoms with Crippen molar-refractivity contribution < 1.29 is 9.53 Å². The summed E-state index contributed by atoms with van der Waals surface area (Å²) in [5.74, 6) is 1.01. The molecule has 20 heavy (non-hydrogen) atoms. The Hall–Kier alpha value is -2.03. The lowest BCUT2D eigenvalue weighted by Crippen LogP contribution is -2.37. The Balaban J connectivity index is 2.08. The van der Waals surface area contributed by atoms with Crippen LogP contribution in [0, 0.1) is 0 Å². The summed E-state index contributed by atoms with van der Waals surface area (Å²) in [6.45, 7) is 1.58. The van der Waals surface area contributed by atoms with Crippen LogP contribution >= 0.6 is 0 Å². The maximum atomic E-state index is 11.2. The van der Waals surface area contributed by atoms with E-state index in [-0.39, 0.29) is 11.9 Å². The zero-order valence-electron chi connectivity index (χ0n) is 11.9. The first-order valence-corrected chi connectivity index (χ1v) is 7.03. The number of amides is 1. The molecule has 104 valence electrons. The first-order chi connectivity index (χ1) is 9.69. The predicted molar refractivity (Wildman–Crippen MR) is 80.1 cm³/mol. The van der Waals surface area contributed by atoms with Crippen molar-refractivity contribution in [1.29, 1.82) is 0 Å². The topological polar surface area (TPSA) is 38.3 Å². The van der Waals surface area contributed by atoms with Crippen LogP contribution in [0.1, 0.15) is 24.5 Å². The Morgan fingerprint density at radius 3 is 2.90 bits per heavy atom. The molecule has 0 spiro atoms. The van der Waals surface area contributed by atoms with Crippen LogP contribution in [-0.2, 0) is 17.6 Å². The van der Waals surface area contributed by atoms with Gasteiger partial charge in [-0.3, -0.25) is 4.79 Å². The number of hydrogen-bond acceptors (Lipinski definition) is 2. The Labute approximate surface area is 118 Å². The van der Waals surface area contributed by atoms with E-state index in [4.69, 9.17) is 4.74 Å². The Bertz CT molecular complexity index is 663. The van der Waals surface area contributed by atoms with Crippen LogP contribution in [0.3, 0.4) is 0 Å². The number of benzene rings is 2. The fourth-order valence-electron chi connectivity index (χ4n) is 3.18. The molecule has 0 saturated carbocycles. The van der Waals surface area contributed by atoms with Gasteiger partial charge in [-0.05, 0) is 30.2 Å². The van der Waals surface area contributed by atoms with E-state index < -0.39 is 0 Å². The maximum Gasteiger partial charge on any atom is 0.217 e. The van der Waals surface area contributed by atoms with Crippen LogP contribution in [0.4, 0.5) is 0 Å². The molecule has 1 amide bonds. The fraction of sp³-hybridized carbons (Fsp3) is 0.353. The van der Waals surface area contributed by atoms with Crippen molar-refractivity contribution >= 4 is 16.7 Å². The average molecular weight is 269 g/mol. The summed E-state index contributed by atoms with van der Waals surface area (Å²) in [6.07, 6.45) is 2.83. The minimum absolute atomic E-state index is 0.0400. The summed E-state index contributed by atoms with van der Waals surface area (Å²) in [7, 11) is 1.73. The molecule has 1 atom stereocenters. The average Bonchev–Trinajstić information content (AvgIpc) is 2.44. The zero-order valence-corrected chi connectivity index (χ0v) is 11.9. The minimum atomic E-state index is 0.0400. The number of fused-ring (bicyclic) bond motifs is 2. The quantitative estimate of drug-likeness (QED) is 0.910. The molecule has 0 unspecified atom stereocenters. The van der Waals surface area contributed by atoms with E-state index in [0.717, 1.165) is 30.4 Å². The monoisotopic (exact) mass is 269 g/mol. The highest BCUT2D eigenvalue weighted by Crippen LogP contribution is 2.36. The largest absolute Gasteiger partial charge is 0.496 e. The molecule has 0 aliphatic heterocycles. The van der Waals surface area contributed by atoms with Crippen molar-refractivity contribution in [2.24, 2.45) is 0 Å². The lowest BCUT2D eigenvalue weighted by Gasteiger charge is -2.27. The molecule has 1 aliphatic rings. The molecule has 2 aromatic carbocycles. The number of aryl methyl sites for hydroxylation is 1. The molecule has 0 aromatic heterocycles. The summed E-state index contributed by atoms with van der Waals surface area (Å²) in [6, 6.07) is 10.8. The Kier molecular flexibility index (Phi) is 3.35. The lowest BCUT2D eigenvalue weighted by atomic mass is 9.85. The molecular formula is C17H19NO2. The first kappa shape index (κ1) is 13.0. The summed E-state index contributed by atoms with van der Waals surface area (Å²) < 4.78 is 5.67. The van der Waals surface area contributed by atoms with Crippen molar-refractivity contribution in [3.63, 3.8) is 0 Å². The van der Waals surface area contributed by atoms with Crippen LogP contribution < -0.4 is 10.1 Å².